The van der Waals surface area contributed by atoms with Crippen molar-refractivity contribution in [3.8, 4) is 0 Å². The van der Waals surface area contributed by atoms with Crippen molar-refractivity contribution in [2.45, 2.75) is 33.6 Å². The lowest BCUT2D eigenvalue weighted by Crippen LogP contribution is -2.41. The Labute approximate surface area is 103 Å². The lowest BCUT2D eigenvalue weighted by molar-refractivity contribution is -0.125. The molecule has 1 aromatic rings. The zero-order chi connectivity index (χ0) is 12.9. The first kappa shape index (κ1) is 13.6. The first-order valence-electron chi connectivity index (χ1n) is 6.01. The van der Waals surface area contributed by atoms with Crippen LogP contribution in [0.1, 0.15) is 32.3 Å². The molecule has 0 aliphatic carbocycles. The molecule has 0 spiro atoms. The summed E-state index contributed by atoms with van der Waals surface area (Å²) >= 11 is 0. The number of carbonyl (C=O) groups is 1. The number of aromatic nitrogens is 1. The van der Waals surface area contributed by atoms with E-state index in [2.05, 4.69) is 10.3 Å². The third kappa shape index (κ3) is 2.82. The molecular formula is C13H21N3O. The van der Waals surface area contributed by atoms with Crippen LogP contribution >= 0.6 is 0 Å². The third-order valence-electron chi connectivity index (χ3n) is 3.49. The number of nitrogens with zero attached hydrogens (tertiary/aromatic N) is 1. The van der Waals surface area contributed by atoms with Crippen molar-refractivity contribution in [3.63, 3.8) is 0 Å². The van der Waals surface area contributed by atoms with E-state index in [9.17, 15) is 4.79 Å². The molecule has 1 amide bonds. The van der Waals surface area contributed by atoms with Gasteiger partial charge in [0.2, 0.25) is 5.91 Å². The lowest BCUT2D eigenvalue weighted by Gasteiger charge is -2.28. The van der Waals surface area contributed by atoms with Crippen molar-refractivity contribution in [1.82, 2.24) is 4.98 Å². The van der Waals surface area contributed by atoms with Gasteiger partial charge < -0.3 is 11.1 Å². The summed E-state index contributed by atoms with van der Waals surface area (Å²) < 4.78 is 0. The molecule has 0 unspecified atom stereocenters. The van der Waals surface area contributed by atoms with E-state index in [4.69, 9.17) is 5.73 Å². The van der Waals surface area contributed by atoms with Gasteiger partial charge in [0.05, 0.1) is 5.41 Å². The summed E-state index contributed by atoms with van der Waals surface area (Å²) in [5.41, 5.74) is 7.05. The molecule has 1 rings (SSSR count). The van der Waals surface area contributed by atoms with Crippen molar-refractivity contribution in [1.29, 1.82) is 0 Å². The normalized spacial score (nSPS) is 11.3. The monoisotopic (exact) mass is 235 g/mol. The number of hydrogen-bond donors (Lipinski definition) is 2. The highest BCUT2D eigenvalue weighted by Crippen LogP contribution is 2.27. The van der Waals surface area contributed by atoms with Crippen LogP contribution in [0, 0.1) is 12.3 Å². The second-order valence-electron chi connectivity index (χ2n) is 4.34. The second kappa shape index (κ2) is 5.77. The fourth-order valence-corrected chi connectivity index (χ4v) is 1.82. The average Bonchev–Trinajstić information content (AvgIpc) is 2.35. The summed E-state index contributed by atoms with van der Waals surface area (Å²) in [7, 11) is 0. The van der Waals surface area contributed by atoms with Crippen LogP contribution in [0.3, 0.4) is 0 Å². The standard InChI is InChI=1S/C13H21N3O/c1-4-13(5-2,9-14)12(17)16-11-6-7-15-8-10(11)3/h6-8H,4-5,9,14H2,1-3H3,(H,15,16,17). The molecule has 0 radical (unpaired) electrons. The van der Waals surface area contributed by atoms with Gasteiger partial charge in [-0.3, -0.25) is 9.78 Å². The summed E-state index contributed by atoms with van der Waals surface area (Å²) in [5, 5.41) is 2.94. The Morgan fingerprint density at radius 2 is 2.12 bits per heavy atom. The maximum Gasteiger partial charge on any atom is 0.231 e. The Balaban J connectivity index is 2.88. The van der Waals surface area contributed by atoms with E-state index in [1.807, 2.05) is 20.8 Å². The van der Waals surface area contributed by atoms with Gasteiger partial charge in [-0.15, -0.1) is 0 Å². The summed E-state index contributed by atoms with van der Waals surface area (Å²) in [6, 6.07) is 1.81. The predicted octanol–water partition coefficient (Wildman–Crippen LogP) is 2.09. The largest absolute Gasteiger partial charge is 0.329 e. The Hall–Kier alpha value is -1.42. The number of hydrogen-bond acceptors (Lipinski definition) is 3. The molecule has 0 saturated heterocycles. The van der Waals surface area contributed by atoms with Crippen LogP contribution in [0.4, 0.5) is 5.69 Å². The van der Waals surface area contributed by atoms with Crippen LogP contribution in [-0.4, -0.2) is 17.4 Å². The minimum absolute atomic E-state index is 0.000648. The summed E-state index contributed by atoms with van der Waals surface area (Å²) in [6.45, 7) is 6.28. The Bertz CT molecular complexity index is 378. The van der Waals surface area contributed by atoms with Gasteiger partial charge in [0, 0.05) is 24.6 Å². The number of carbonyl (C=O) groups excluding carboxylic acids is 1. The van der Waals surface area contributed by atoms with Crippen molar-refractivity contribution < 1.29 is 4.79 Å². The van der Waals surface area contributed by atoms with Crippen molar-refractivity contribution in [2.75, 3.05) is 11.9 Å². The molecule has 0 atom stereocenters. The number of anilines is 1. The van der Waals surface area contributed by atoms with Crippen molar-refractivity contribution >= 4 is 11.6 Å². The lowest BCUT2D eigenvalue weighted by atomic mass is 9.81. The molecule has 0 aromatic carbocycles. The minimum atomic E-state index is -0.463. The van der Waals surface area contributed by atoms with Gasteiger partial charge in [-0.1, -0.05) is 13.8 Å². The van der Waals surface area contributed by atoms with Crippen molar-refractivity contribution in [3.05, 3.63) is 24.0 Å². The molecule has 0 bridgehead atoms. The van der Waals surface area contributed by atoms with Gasteiger partial charge in [0.1, 0.15) is 0 Å². The van der Waals surface area contributed by atoms with E-state index in [0.29, 0.717) is 6.54 Å². The molecule has 4 nitrogen and oxygen atoms in total. The Kier molecular flexibility index (Phi) is 4.63. The van der Waals surface area contributed by atoms with Crippen LogP contribution in [0.15, 0.2) is 18.5 Å². The van der Waals surface area contributed by atoms with Crippen LogP contribution in [-0.2, 0) is 4.79 Å². The SMILES string of the molecule is CCC(CC)(CN)C(=O)Nc1ccncc1C. The van der Waals surface area contributed by atoms with Crippen molar-refractivity contribution in [2.24, 2.45) is 11.1 Å². The predicted molar refractivity (Wildman–Crippen MR) is 69.7 cm³/mol. The van der Waals surface area contributed by atoms with E-state index >= 15 is 0 Å². The highest BCUT2D eigenvalue weighted by Gasteiger charge is 2.33. The number of nitrogens with two attached hydrogens (primary N) is 1. The summed E-state index contributed by atoms with van der Waals surface area (Å²) in [5.74, 6) is -0.000648. The Morgan fingerprint density at radius 1 is 1.47 bits per heavy atom. The van der Waals surface area contributed by atoms with Gasteiger partial charge in [0.15, 0.2) is 0 Å². The minimum Gasteiger partial charge on any atom is -0.329 e. The van der Waals surface area contributed by atoms with Gasteiger partial charge in [-0.05, 0) is 31.4 Å². The number of amides is 1. The van der Waals surface area contributed by atoms with E-state index in [-0.39, 0.29) is 5.91 Å². The highest BCUT2D eigenvalue weighted by atomic mass is 16.2. The summed E-state index contributed by atoms with van der Waals surface area (Å²) in [4.78, 5) is 16.3. The average molecular weight is 235 g/mol. The van der Waals surface area contributed by atoms with E-state index in [1.54, 1.807) is 18.5 Å². The van der Waals surface area contributed by atoms with Crippen LogP contribution in [0.5, 0.6) is 0 Å². The molecule has 0 fully saturated rings. The highest BCUT2D eigenvalue weighted by molar-refractivity contribution is 5.96. The quantitative estimate of drug-likeness (QED) is 0.821. The Morgan fingerprint density at radius 3 is 2.59 bits per heavy atom. The second-order valence-corrected chi connectivity index (χ2v) is 4.34. The molecule has 0 aliphatic rings. The third-order valence-corrected chi connectivity index (χ3v) is 3.49. The molecule has 1 aromatic heterocycles. The smallest absolute Gasteiger partial charge is 0.231 e. The van der Waals surface area contributed by atoms with Gasteiger partial charge in [-0.2, -0.15) is 0 Å². The van der Waals surface area contributed by atoms with Gasteiger partial charge in [-0.25, -0.2) is 0 Å². The molecule has 94 valence electrons. The van der Waals surface area contributed by atoms with Gasteiger partial charge >= 0.3 is 0 Å². The van der Waals surface area contributed by atoms with E-state index < -0.39 is 5.41 Å². The number of pyridine rings is 1. The van der Waals surface area contributed by atoms with Crippen LogP contribution in [0.25, 0.3) is 0 Å². The zero-order valence-electron chi connectivity index (χ0n) is 10.8. The number of nitrogens with one attached hydrogen (secondary N) is 1. The molecule has 0 saturated carbocycles. The first-order valence-corrected chi connectivity index (χ1v) is 6.01. The van der Waals surface area contributed by atoms with Gasteiger partial charge in [0.25, 0.3) is 0 Å². The number of aryl methyl sites for hydroxylation is 1. The maximum atomic E-state index is 12.3. The number of rotatable bonds is 5. The van der Waals surface area contributed by atoms with E-state index in [1.165, 1.54) is 0 Å². The molecule has 0 aliphatic heterocycles. The molecule has 4 heteroatoms. The maximum absolute atomic E-state index is 12.3. The molecule has 3 N–H and O–H groups in total. The molecular weight excluding hydrogens is 214 g/mol. The first-order chi connectivity index (χ1) is 8.09. The molecule has 17 heavy (non-hydrogen) atoms. The fraction of sp³-hybridized carbons (Fsp3) is 0.538. The van der Waals surface area contributed by atoms with E-state index in [0.717, 1.165) is 24.1 Å². The zero-order valence-corrected chi connectivity index (χ0v) is 10.8. The van der Waals surface area contributed by atoms with Crippen LogP contribution < -0.4 is 11.1 Å². The fourth-order valence-electron chi connectivity index (χ4n) is 1.82. The topological polar surface area (TPSA) is 68.0 Å². The summed E-state index contributed by atoms with van der Waals surface area (Å²) in [6.07, 6.45) is 4.90. The molecule has 1 heterocycles. The van der Waals surface area contributed by atoms with Crippen LogP contribution in [0.2, 0.25) is 0 Å².